The standard InChI is InChI=1S/C20H27ClN2O4S/c1-11(2)27-19(24)16-9-13-8-14(21)10-15(17(13)22-18(16)26-7)12(3)23-28(25)20(4,5)6/h8-12,23H,1-7H3/t12-,28?/m1/s1. The largest absolute Gasteiger partial charge is 0.598 e. The third-order valence-corrected chi connectivity index (χ3v) is 5.84. The van der Waals surface area contributed by atoms with Crippen molar-refractivity contribution in [3.63, 3.8) is 0 Å². The first kappa shape index (κ1) is 22.7. The maximum Gasteiger partial charge on any atom is 0.343 e. The van der Waals surface area contributed by atoms with Crippen LogP contribution in [0.1, 0.15) is 63.5 Å². The number of aromatic nitrogens is 1. The molecule has 28 heavy (non-hydrogen) atoms. The average Bonchev–Trinajstić information content (AvgIpc) is 2.58. The minimum atomic E-state index is -1.27. The molecule has 6 nitrogen and oxygen atoms in total. The van der Waals surface area contributed by atoms with E-state index < -0.39 is 22.1 Å². The Morgan fingerprint density at radius 3 is 2.43 bits per heavy atom. The molecule has 0 aliphatic rings. The molecule has 1 unspecified atom stereocenters. The summed E-state index contributed by atoms with van der Waals surface area (Å²) in [5.41, 5.74) is 1.62. The number of nitrogens with one attached hydrogen (secondary N) is 1. The zero-order chi connectivity index (χ0) is 21.2. The van der Waals surface area contributed by atoms with Crippen LogP contribution in [0.4, 0.5) is 0 Å². The van der Waals surface area contributed by atoms with Crippen LogP contribution in [0.3, 0.4) is 0 Å². The van der Waals surface area contributed by atoms with Crippen molar-refractivity contribution in [1.82, 2.24) is 9.71 Å². The fourth-order valence-electron chi connectivity index (χ4n) is 2.57. The molecule has 1 aromatic heterocycles. The molecule has 0 fully saturated rings. The molecule has 8 heteroatoms. The molecule has 2 aromatic rings. The summed E-state index contributed by atoms with van der Waals surface area (Å²) in [6, 6.07) is 4.88. The molecule has 1 aromatic carbocycles. The second-order valence-corrected chi connectivity index (χ2v) is 10.2. The van der Waals surface area contributed by atoms with E-state index in [1.54, 1.807) is 32.0 Å². The zero-order valence-electron chi connectivity index (χ0n) is 17.3. The Hall–Kier alpha value is -1.54. The van der Waals surface area contributed by atoms with Crippen LogP contribution in [-0.2, 0) is 16.1 Å². The lowest BCUT2D eigenvalue weighted by molar-refractivity contribution is 0.0373. The van der Waals surface area contributed by atoms with E-state index in [0.717, 1.165) is 5.56 Å². The molecule has 0 spiro atoms. The summed E-state index contributed by atoms with van der Waals surface area (Å²) in [4.78, 5) is 16.9. The first-order valence-corrected chi connectivity index (χ1v) is 10.5. The predicted molar refractivity (Wildman–Crippen MR) is 113 cm³/mol. The van der Waals surface area contributed by atoms with Crippen LogP contribution in [0.5, 0.6) is 5.88 Å². The smallest absolute Gasteiger partial charge is 0.343 e. The van der Waals surface area contributed by atoms with E-state index in [1.165, 1.54) is 7.11 Å². The van der Waals surface area contributed by atoms with E-state index in [0.29, 0.717) is 15.9 Å². The molecule has 0 saturated carbocycles. The van der Waals surface area contributed by atoms with Crippen molar-refractivity contribution in [2.24, 2.45) is 0 Å². The van der Waals surface area contributed by atoms with Gasteiger partial charge in [0.25, 0.3) is 0 Å². The molecular weight excluding hydrogens is 400 g/mol. The number of esters is 1. The first-order chi connectivity index (χ1) is 12.9. The quantitative estimate of drug-likeness (QED) is 0.537. The van der Waals surface area contributed by atoms with Gasteiger partial charge in [-0.2, -0.15) is 0 Å². The number of ether oxygens (including phenoxy) is 2. The van der Waals surface area contributed by atoms with E-state index >= 15 is 0 Å². The minimum Gasteiger partial charge on any atom is -0.598 e. The highest BCUT2D eigenvalue weighted by molar-refractivity contribution is 7.90. The van der Waals surface area contributed by atoms with E-state index in [-0.39, 0.29) is 23.6 Å². The molecule has 154 valence electrons. The normalized spacial score (nSPS) is 14.2. The number of methoxy groups -OCH3 is 1. The van der Waals surface area contributed by atoms with Gasteiger partial charge in [0, 0.05) is 27.3 Å². The monoisotopic (exact) mass is 426 g/mol. The number of pyridine rings is 1. The van der Waals surface area contributed by atoms with Crippen molar-refractivity contribution >= 4 is 39.8 Å². The van der Waals surface area contributed by atoms with Gasteiger partial charge < -0.3 is 14.0 Å². The number of hydrogen-bond donors (Lipinski definition) is 1. The molecule has 2 rings (SSSR count). The highest BCUT2D eigenvalue weighted by atomic mass is 35.5. The maximum absolute atomic E-state index is 12.5. The summed E-state index contributed by atoms with van der Waals surface area (Å²) in [7, 11) is 1.45. The summed E-state index contributed by atoms with van der Waals surface area (Å²) in [5, 5.41) is 1.17. The lowest BCUT2D eigenvalue weighted by Crippen LogP contribution is -2.40. The lowest BCUT2D eigenvalue weighted by atomic mass is 10.0. The van der Waals surface area contributed by atoms with Crippen molar-refractivity contribution < 1.29 is 18.8 Å². The Kier molecular flexibility index (Phi) is 7.20. The summed E-state index contributed by atoms with van der Waals surface area (Å²) < 4.78 is 25.8. The Morgan fingerprint density at radius 1 is 1.25 bits per heavy atom. The van der Waals surface area contributed by atoms with Crippen LogP contribution >= 0.6 is 11.6 Å². The van der Waals surface area contributed by atoms with E-state index in [9.17, 15) is 9.35 Å². The zero-order valence-corrected chi connectivity index (χ0v) is 18.8. The third-order valence-electron chi connectivity index (χ3n) is 3.94. The number of halogens is 1. The topological polar surface area (TPSA) is 83.5 Å². The van der Waals surface area contributed by atoms with Crippen molar-refractivity contribution in [2.45, 2.75) is 58.4 Å². The van der Waals surface area contributed by atoms with Crippen LogP contribution < -0.4 is 9.46 Å². The van der Waals surface area contributed by atoms with Crippen LogP contribution in [0.15, 0.2) is 18.2 Å². The van der Waals surface area contributed by atoms with Gasteiger partial charge >= 0.3 is 5.97 Å². The van der Waals surface area contributed by atoms with Crippen molar-refractivity contribution in [2.75, 3.05) is 7.11 Å². The van der Waals surface area contributed by atoms with Gasteiger partial charge in [0.15, 0.2) is 0 Å². The number of hydrogen-bond acceptors (Lipinski definition) is 6. The number of benzene rings is 1. The van der Waals surface area contributed by atoms with Gasteiger partial charge in [0.2, 0.25) is 5.88 Å². The molecule has 2 atom stereocenters. The average molecular weight is 427 g/mol. The molecule has 0 aliphatic heterocycles. The Morgan fingerprint density at radius 2 is 1.89 bits per heavy atom. The maximum atomic E-state index is 12.5. The molecule has 1 N–H and O–H groups in total. The molecule has 0 radical (unpaired) electrons. The Bertz CT molecular complexity index is 867. The van der Waals surface area contributed by atoms with Crippen molar-refractivity contribution in [3.8, 4) is 5.88 Å². The SMILES string of the molecule is COc1nc2c([C@@H](C)N[S+]([O-])C(C)(C)C)cc(Cl)cc2cc1C(=O)OC(C)C. The summed E-state index contributed by atoms with van der Waals surface area (Å²) in [6.07, 6.45) is -0.264. The Balaban J connectivity index is 2.55. The number of nitrogens with zero attached hydrogens (tertiary/aromatic N) is 1. The van der Waals surface area contributed by atoms with Gasteiger partial charge in [-0.15, -0.1) is 4.72 Å². The molecular formula is C20H27ClN2O4S. The highest BCUT2D eigenvalue weighted by Crippen LogP contribution is 2.32. The fraction of sp³-hybridized carbons (Fsp3) is 0.500. The lowest BCUT2D eigenvalue weighted by Gasteiger charge is -2.27. The Labute approximate surface area is 174 Å². The van der Waals surface area contributed by atoms with E-state index in [4.69, 9.17) is 21.1 Å². The van der Waals surface area contributed by atoms with Crippen molar-refractivity contribution in [3.05, 3.63) is 34.3 Å². The van der Waals surface area contributed by atoms with E-state index in [2.05, 4.69) is 9.71 Å². The molecule has 0 aliphatic carbocycles. The van der Waals surface area contributed by atoms with Crippen LogP contribution in [0.2, 0.25) is 5.02 Å². The van der Waals surface area contributed by atoms with Gasteiger partial charge in [-0.1, -0.05) is 11.6 Å². The highest BCUT2D eigenvalue weighted by Gasteiger charge is 2.29. The number of rotatable bonds is 6. The van der Waals surface area contributed by atoms with Gasteiger partial charge in [0.1, 0.15) is 10.3 Å². The van der Waals surface area contributed by atoms with Gasteiger partial charge in [-0.25, -0.2) is 9.78 Å². The molecule has 0 bridgehead atoms. The molecule has 0 saturated heterocycles. The summed E-state index contributed by atoms with van der Waals surface area (Å²) in [6.45, 7) is 11.1. The number of carbonyl (C=O) groups is 1. The second-order valence-electron chi connectivity index (χ2n) is 7.79. The fourth-order valence-corrected chi connectivity index (χ4v) is 3.61. The minimum absolute atomic E-state index is 0.172. The first-order valence-electron chi connectivity index (χ1n) is 9.01. The molecule has 1 heterocycles. The van der Waals surface area contributed by atoms with E-state index in [1.807, 2.05) is 27.7 Å². The second kappa shape index (κ2) is 8.86. The van der Waals surface area contributed by atoms with Crippen LogP contribution in [0, 0.1) is 0 Å². The summed E-state index contributed by atoms with van der Waals surface area (Å²) >= 11 is 5.04. The molecule has 0 amide bonds. The predicted octanol–water partition coefficient (Wildman–Crippen LogP) is 4.57. The third kappa shape index (κ3) is 5.29. The summed E-state index contributed by atoms with van der Waals surface area (Å²) in [5.74, 6) is -0.339. The number of fused-ring (bicyclic) bond motifs is 1. The van der Waals surface area contributed by atoms with Gasteiger partial charge in [0.05, 0.1) is 24.8 Å². The van der Waals surface area contributed by atoms with Gasteiger partial charge in [-0.05, 0) is 59.7 Å². The number of carbonyl (C=O) groups excluding carboxylic acids is 1. The van der Waals surface area contributed by atoms with Crippen molar-refractivity contribution in [1.29, 1.82) is 0 Å². The van der Waals surface area contributed by atoms with Crippen LogP contribution in [0.25, 0.3) is 10.9 Å². The van der Waals surface area contributed by atoms with Gasteiger partial charge in [-0.3, -0.25) is 0 Å². The van der Waals surface area contributed by atoms with Crippen LogP contribution in [-0.4, -0.2) is 33.5 Å².